The summed E-state index contributed by atoms with van der Waals surface area (Å²) in [5.74, 6) is 0.0604. The van der Waals surface area contributed by atoms with Gasteiger partial charge in [-0.05, 0) is 11.1 Å². The van der Waals surface area contributed by atoms with Gasteiger partial charge in [0.2, 0.25) is 0 Å². The first kappa shape index (κ1) is 18.4. The van der Waals surface area contributed by atoms with Gasteiger partial charge in [-0.1, -0.05) is 93.3 Å². The maximum atomic E-state index is 12.3. The number of hydrogen-bond acceptors (Lipinski definition) is 1. The third-order valence-electron chi connectivity index (χ3n) is 3.29. The van der Waals surface area contributed by atoms with Crippen molar-refractivity contribution in [2.24, 2.45) is 0 Å². The number of ketones is 1. The second kappa shape index (κ2) is 8.74. The molecule has 0 spiro atoms. The van der Waals surface area contributed by atoms with Gasteiger partial charge >= 0.3 is 29.6 Å². The maximum Gasteiger partial charge on any atom is 1.00 e. The van der Waals surface area contributed by atoms with E-state index in [-0.39, 0.29) is 43.8 Å². The third kappa shape index (κ3) is 4.20. The molecule has 0 saturated heterocycles. The summed E-state index contributed by atoms with van der Waals surface area (Å²) in [5, 5.41) is 0. The van der Waals surface area contributed by atoms with Crippen LogP contribution in [-0.4, -0.2) is 14.2 Å². The van der Waals surface area contributed by atoms with Crippen LogP contribution < -0.4 is 29.6 Å². The minimum absolute atomic E-state index is 0. The molecule has 0 aliphatic rings. The molecule has 3 heteroatoms. The molecule has 0 atom stereocenters. The Hall–Kier alpha value is -1.61. The molecule has 1 nitrogen and oxygen atoms in total. The fourth-order valence-corrected chi connectivity index (χ4v) is 2.20. The molecule has 0 unspecified atom stereocenters. The number of hydrogen-bond donors (Lipinski definition) is 0. The Labute approximate surface area is 155 Å². The summed E-state index contributed by atoms with van der Waals surface area (Å²) in [5.41, 5.74) is 3.72. The number of rotatable bonds is 3. The summed E-state index contributed by atoms with van der Waals surface area (Å²) in [7, 11) is 0. The van der Waals surface area contributed by atoms with E-state index < -0.39 is 0 Å². The van der Waals surface area contributed by atoms with Crippen LogP contribution in [0.15, 0.2) is 84.9 Å². The number of carbonyl (C=O) groups is 1. The van der Waals surface area contributed by atoms with Crippen LogP contribution in [0, 0.1) is 0 Å². The van der Waals surface area contributed by atoms with Gasteiger partial charge in [-0.15, -0.1) is 0 Å². The van der Waals surface area contributed by atoms with Gasteiger partial charge in [0.1, 0.15) is 0 Å². The van der Waals surface area contributed by atoms with Crippen LogP contribution in [0.4, 0.5) is 0 Å². The van der Waals surface area contributed by atoms with Crippen molar-refractivity contribution in [1.29, 1.82) is 0 Å². The molecule has 0 radical (unpaired) electrons. The zero-order valence-electron chi connectivity index (χ0n) is 12.0. The van der Waals surface area contributed by atoms with Crippen LogP contribution in [0.25, 0.3) is 11.1 Å². The molecule has 3 aromatic rings. The van der Waals surface area contributed by atoms with Crippen molar-refractivity contribution in [1.82, 2.24) is 0 Å². The molecule has 22 heavy (non-hydrogen) atoms. The zero-order chi connectivity index (χ0) is 13.8. The van der Waals surface area contributed by atoms with E-state index in [4.69, 9.17) is 0 Å². The molecule has 0 saturated carbocycles. The first-order valence-corrected chi connectivity index (χ1v) is 6.60. The summed E-state index contributed by atoms with van der Waals surface area (Å²) in [6.07, 6.45) is 0. The molecule has 104 valence electrons. The van der Waals surface area contributed by atoms with Gasteiger partial charge in [0.25, 0.3) is 0 Å². The second-order valence-electron chi connectivity index (χ2n) is 4.64. The Morgan fingerprint density at radius 2 is 0.955 bits per heavy atom. The van der Waals surface area contributed by atoms with Crippen LogP contribution >= 0.6 is 0 Å². The number of benzene rings is 3. The van der Waals surface area contributed by atoms with Gasteiger partial charge in [-0.3, -0.25) is 4.79 Å². The van der Waals surface area contributed by atoms with E-state index in [0.29, 0.717) is 0 Å². The first-order chi connectivity index (χ1) is 9.84. The summed E-state index contributed by atoms with van der Waals surface area (Å²) in [6, 6.07) is 27.3. The van der Waals surface area contributed by atoms with Gasteiger partial charge in [-0.25, -0.2) is 0 Å². The molecule has 3 rings (SSSR count). The van der Waals surface area contributed by atoms with Gasteiger partial charge in [0, 0.05) is 11.1 Å². The van der Waals surface area contributed by atoms with E-state index in [9.17, 15) is 4.79 Å². The van der Waals surface area contributed by atoms with Crippen LogP contribution in [0.5, 0.6) is 0 Å². The average molecular weight is 296 g/mol. The topological polar surface area (TPSA) is 17.1 Å². The molecule has 0 heterocycles. The minimum Gasteiger partial charge on any atom is -0.289 e. The van der Waals surface area contributed by atoms with Crippen molar-refractivity contribution in [3.05, 3.63) is 96.1 Å². The van der Waals surface area contributed by atoms with Crippen LogP contribution in [0.2, 0.25) is 0 Å². The van der Waals surface area contributed by atoms with Crippen molar-refractivity contribution in [3.63, 3.8) is 0 Å². The Morgan fingerprint density at radius 1 is 0.545 bits per heavy atom. The van der Waals surface area contributed by atoms with Crippen molar-refractivity contribution >= 4 is 14.2 Å². The molecule has 0 aromatic heterocycles. The Kier molecular flexibility index (Phi) is 7.33. The van der Waals surface area contributed by atoms with Crippen molar-refractivity contribution in [2.45, 2.75) is 0 Å². The SMILES string of the molecule is O=C(c1ccccc1)c1ccc(-c2ccccc2)cc1.[BH4-].[Na+]. The molecule has 0 N–H and O–H groups in total. The summed E-state index contributed by atoms with van der Waals surface area (Å²) in [6.45, 7) is 0. The Bertz CT molecular complexity index is 709. The maximum absolute atomic E-state index is 12.3. The summed E-state index contributed by atoms with van der Waals surface area (Å²) in [4.78, 5) is 12.3. The van der Waals surface area contributed by atoms with Crippen molar-refractivity contribution < 1.29 is 34.4 Å². The van der Waals surface area contributed by atoms with E-state index in [2.05, 4.69) is 12.1 Å². The van der Waals surface area contributed by atoms with E-state index in [1.54, 1.807) is 0 Å². The normalized spacial score (nSPS) is 9.27. The van der Waals surface area contributed by atoms with E-state index in [1.807, 2.05) is 72.8 Å². The standard InChI is InChI=1S/C19H14O.BH4.Na/c20-19(17-9-5-2-6-10-17)18-13-11-16(12-14-18)15-7-3-1-4-8-15;;/h1-14H;1H4;/q;-1;+1. The first-order valence-electron chi connectivity index (χ1n) is 6.60. The molecule has 0 fully saturated rings. The Balaban J connectivity index is 0.00000121. The largest absolute Gasteiger partial charge is 1.00 e. The van der Waals surface area contributed by atoms with Crippen molar-refractivity contribution in [2.75, 3.05) is 0 Å². The van der Waals surface area contributed by atoms with Crippen LogP contribution in [-0.2, 0) is 0 Å². The fraction of sp³-hybridized carbons (Fsp3) is 0. The molecule has 0 bridgehead atoms. The molecule has 0 aliphatic heterocycles. The van der Waals surface area contributed by atoms with E-state index in [0.717, 1.165) is 22.3 Å². The predicted octanol–water partition coefficient (Wildman–Crippen LogP) is 0.137. The number of carbonyl (C=O) groups excluding carboxylic acids is 1. The molecule has 0 aliphatic carbocycles. The van der Waals surface area contributed by atoms with Gasteiger partial charge < -0.3 is 0 Å². The van der Waals surface area contributed by atoms with Crippen LogP contribution in [0.3, 0.4) is 0 Å². The predicted molar refractivity (Wildman–Crippen MR) is 93.1 cm³/mol. The van der Waals surface area contributed by atoms with E-state index in [1.165, 1.54) is 0 Å². The van der Waals surface area contributed by atoms with Gasteiger partial charge in [0.15, 0.2) is 5.78 Å². The fourth-order valence-electron chi connectivity index (χ4n) is 2.20. The van der Waals surface area contributed by atoms with Gasteiger partial charge in [-0.2, -0.15) is 0 Å². The summed E-state index contributed by atoms with van der Waals surface area (Å²) < 4.78 is 0. The third-order valence-corrected chi connectivity index (χ3v) is 3.29. The average Bonchev–Trinajstić information content (AvgIpc) is 2.56. The monoisotopic (exact) mass is 296 g/mol. The second-order valence-corrected chi connectivity index (χ2v) is 4.64. The molecule has 0 amide bonds. The van der Waals surface area contributed by atoms with Gasteiger partial charge in [0.05, 0.1) is 0 Å². The minimum atomic E-state index is 0. The van der Waals surface area contributed by atoms with E-state index >= 15 is 0 Å². The molecule has 3 aromatic carbocycles. The quantitative estimate of drug-likeness (QED) is 0.496. The Morgan fingerprint density at radius 3 is 1.50 bits per heavy atom. The molecular weight excluding hydrogens is 278 g/mol. The molecular formula is C19H18BNaO. The summed E-state index contributed by atoms with van der Waals surface area (Å²) >= 11 is 0. The van der Waals surface area contributed by atoms with Crippen LogP contribution in [0.1, 0.15) is 15.9 Å². The zero-order valence-corrected chi connectivity index (χ0v) is 14.0. The smallest absolute Gasteiger partial charge is 0.289 e. The van der Waals surface area contributed by atoms with Crippen molar-refractivity contribution in [3.8, 4) is 11.1 Å².